The van der Waals surface area contributed by atoms with Crippen molar-refractivity contribution < 1.29 is 14.6 Å². The second-order valence-corrected chi connectivity index (χ2v) is 8.69. The zero-order chi connectivity index (χ0) is 21.3. The Hall–Kier alpha value is -2.13. The summed E-state index contributed by atoms with van der Waals surface area (Å²) in [5.41, 5.74) is 2.13. The Kier molecular flexibility index (Phi) is 6.29. The third-order valence-electron chi connectivity index (χ3n) is 5.44. The molecule has 7 nitrogen and oxygen atoms in total. The Bertz CT molecular complexity index is 1050. The second kappa shape index (κ2) is 8.93. The number of ether oxygens (including phenoxy) is 2. The number of fused-ring (bicyclic) bond motifs is 1. The fourth-order valence-corrected chi connectivity index (χ4v) is 5.22. The van der Waals surface area contributed by atoms with Gasteiger partial charge in [-0.05, 0) is 36.2 Å². The molecule has 0 atom stereocenters. The normalized spacial score (nSPS) is 15.0. The molecule has 0 unspecified atom stereocenters. The Balaban J connectivity index is 1.81. The standard InChI is InChI=1S/C21H25ClN4O3S/c1-13-17(14-4-5-15(28-2)16(12-14)29-3)18-19(23-21(22)24-20(18)30-13)26-8-6-25(7-9-26)10-11-27/h4-5,12,27H,6-11H2,1-3H3. The van der Waals surface area contributed by atoms with Crippen molar-refractivity contribution in [3.63, 3.8) is 0 Å². The first-order chi connectivity index (χ1) is 14.5. The van der Waals surface area contributed by atoms with Gasteiger partial charge in [0, 0.05) is 43.2 Å². The highest BCUT2D eigenvalue weighted by Crippen LogP contribution is 2.44. The number of aryl methyl sites for hydroxylation is 1. The van der Waals surface area contributed by atoms with E-state index in [2.05, 4.69) is 26.7 Å². The summed E-state index contributed by atoms with van der Waals surface area (Å²) < 4.78 is 10.9. The van der Waals surface area contributed by atoms with Crippen LogP contribution in [0.4, 0.5) is 5.82 Å². The zero-order valence-electron chi connectivity index (χ0n) is 17.3. The summed E-state index contributed by atoms with van der Waals surface area (Å²) >= 11 is 7.91. The number of aliphatic hydroxyl groups is 1. The summed E-state index contributed by atoms with van der Waals surface area (Å²) in [5, 5.41) is 10.5. The lowest BCUT2D eigenvalue weighted by Crippen LogP contribution is -2.47. The minimum absolute atomic E-state index is 0.177. The molecule has 1 N–H and O–H groups in total. The van der Waals surface area contributed by atoms with Crippen molar-refractivity contribution in [2.75, 3.05) is 58.5 Å². The van der Waals surface area contributed by atoms with Gasteiger partial charge in [-0.25, -0.2) is 4.98 Å². The first-order valence-electron chi connectivity index (χ1n) is 9.83. The van der Waals surface area contributed by atoms with E-state index in [1.807, 2.05) is 18.2 Å². The van der Waals surface area contributed by atoms with Gasteiger partial charge < -0.3 is 19.5 Å². The molecule has 1 aliphatic heterocycles. The molecule has 0 bridgehead atoms. The average Bonchev–Trinajstić information content (AvgIpc) is 3.08. The molecule has 0 amide bonds. The molecule has 160 valence electrons. The van der Waals surface area contributed by atoms with Crippen LogP contribution in [0.15, 0.2) is 18.2 Å². The first kappa shape index (κ1) is 21.1. The SMILES string of the molecule is COc1ccc(-c2c(C)sc3nc(Cl)nc(N4CCN(CCO)CC4)c23)cc1OC. The summed E-state index contributed by atoms with van der Waals surface area (Å²) in [7, 11) is 3.27. The van der Waals surface area contributed by atoms with Crippen molar-refractivity contribution in [3.8, 4) is 22.6 Å². The lowest BCUT2D eigenvalue weighted by molar-refractivity contribution is 0.188. The molecular weight excluding hydrogens is 424 g/mol. The molecule has 0 aliphatic carbocycles. The van der Waals surface area contributed by atoms with Gasteiger partial charge in [0.2, 0.25) is 5.28 Å². The summed E-state index contributed by atoms with van der Waals surface area (Å²) in [6.45, 7) is 6.36. The summed E-state index contributed by atoms with van der Waals surface area (Å²) in [4.78, 5) is 15.7. The van der Waals surface area contributed by atoms with Gasteiger partial charge in [0.25, 0.3) is 0 Å². The molecule has 1 fully saturated rings. The minimum atomic E-state index is 0.177. The van der Waals surface area contributed by atoms with Crippen molar-refractivity contribution in [1.82, 2.24) is 14.9 Å². The van der Waals surface area contributed by atoms with Crippen LogP contribution in [0.1, 0.15) is 4.88 Å². The smallest absolute Gasteiger partial charge is 0.225 e. The fourth-order valence-electron chi connectivity index (χ4n) is 3.96. The van der Waals surface area contributed by atoms with E-state index in [4.69, 9.17) is 21.1 Å². The number of nitrogens with zero attached hydrogens (tertiary/aromatic N) is 4. The summed E-state index contributed by atoms with van der Waals surface area (Å²) in [5.74, 6) is 2.24. The number of rotatable bonds is 6. The van der Waals surface area contributed by atoms with Crippen LogP contribution in [-0.2, 0) is 0 Å². The van der Waals surface area contributed by atoms with Crippen LogP contribution in [0.2, 0.25) is 5.28 Å². The molecule has 0 radical (unpaired) electrons. The maximum atomic E-state index is 9.21. The molecule has 1 aliphatic rings. The zero-order valence-corrected chi connectivity index (χ0v) is 18.9. The lowest BCUT2D eigenvalue weighted by Gasteiger charge is -2.35. The number of β-amino-alcohol motifs (C(OH)–C–C–N with tert-alkyl or cyclic N) is 1. The van der Waals surface area contributed by atoms with Gasteiger partial charge in [-0.1, -0.05) is 6.07 Å². The van der Waals surface area contributed by atoms with Crippen molar-refractivity contribution in [2.24, 2.45) is 0 Å². The highest BCUT2D eigenvalue weighted by molar-refractivity contribution is 7.19. The van der Waals surface area contributed by atoms with Crippen LogP contribution >= 0.6 is 22.9 Å². The van der Waals surface area contributed by atoms with Gasteiger partial charge >= 0.3 is 0 Å². The molecule has 0 spiro atoms. The highest BCUT2D eigenvalue weighted by Gasteiger charge is 2.25. The Labute approximate surface area is 184 Å². The van der Waals surface area contributed by atoms with Gasteiger partial charge in [0.1, 0.15) is 10.6 Å². The molecule has 3 heterocycles. The van der Waals surface area contributed by atoms with Gasteiger partial charge in [-0.3, -0.25) is 4.90 Å². The quantitative estimate of drug-likeness (QED) is 0.579. The van der Waals surface area contributed by atoms with Gasteiger partial charge in [-0.2, -0.15) is 4.98 Å². The van der Waals surface area contributed by atoms with Crippen molar-refractivity contribution in [2.45, 2.75) is 6.92 Å². The molecule has 9 heteroatoms. The molecule has 3 aromatic rings. The van der Waals surface area contributed by atoms with Crippen LogP contribution in [0.5, 0.6) is 11.5 Å². The number of aliphatic hydroxyl groups excluding tert-OH is 1. The van der Waals surface area contributed by atoms with E-state index in [0.29, 0.717) is 18.0 Å². The van der Waals surface area contributed by atoms with Crippen LogP contribution in [0.25, 0.3) is 21.3 Å². The monoisotopic (exact) mass is 448 g/mol. The average molecular weight is 449 g/mol. The number of methoxy groups -OCH3 is 2. The van der Waals surface area contributed by atoms with Crippen LogP contribution in [0.3, 0.4) is 0 Å². The number of halogens is 1. The first-order valence-corrected chi connectivity index (χ1v) is 11.0. The molecule has 1 saturated heterocycles. The third-order valence-corrected chi connectivity index (χ3v) is 6.61. The summed E-state index contributed by atoms with van der Waals surface area (Å²) in [6.07, 6.45) is 0. The topological polar surface area (TPSA) is 71.0 Å². The number of piperazine rings is 1. The van der Waals surface area contributed by atoms with E-state index in [-0.39, 0.29) is 11.9 Å². The predicted molar refractivity (Wildman–Crippen MR) is 121 cm³/mol. The van der Waals surface area contributed by atoms with E-state index < -0.39 is 0 Å². The molecule has 2 aromatic heterocycles. The largest absolute Gasteiger partial charge is 0.493 e. The van der Waals surface area contributed by atoms with Gasteiger partial charge in [0.15, 0.2) is 11.5 Å². The molecule has 4 rings (SSSR count). The predicted octanol–water partition coefficient (Wildman–Crippen LogP) is 3.45. The number of benzene rings is 1. The number of aromatic nitrogens is 2. The maximum Gasteiger partial charge on any atom is 0.225 e. The number of thiophene rings is 1. The molecule has 1 aromatic carbocycles. The van der Waals surface area contributed by atoms with E-state index in [0.717, 1.165) is 58.2 Å². The van der Waals surface area contributed by atoms with Gasteiger partial charge in [0.05, 0.1) is 26.2 Å². The minimum Gasteiger partial charge on any atom is -0.493 e. The van der Waals surface area contributed by atoms with Crippen molar-refractivity contribution in [1.29, 1.82) is 0 Å². The second-order valence-electron chi connectivity index (χ2n) is 7.15. The maximum absolute atomic E-state index is 9.21. The summed E-state index contributed by atoms with van der Waals surface area (Å²) in [6, 6.07) is 5.94. The molecule has 30 heavy (non-hydrogen) atoms. The number of hydrogen-bond acceptors (Lipinski definition) is 8. The lowest BCUT2D eigenvalue weighted by atomic mass is 10.0. The molecular formula is C21H25ClN4O3S. The third kappa shape index (κ3) is 3.92. The van der Waals surface area contributed by atoms with Crippen LogP contribution < -0.4 is 14.4 Å². The highest BCUT2D eigenvalue weighted by atomic mass is 35.5. The fraction of sp³-hybridized carbons (Fsp3) is 0.429. The van der Waals surface area contributed by atoms with E-state index in [9.17, 15) is 5.11 Å². The van der Waals surface area contributed by atoms with Crippen LogP contribution in [0, 0.1) is 6.92 Å². The molecule has 0 saturated carbocycles. The van der Waals surface area contributed by atoms with Crippen molar-refractivity contribution in [3.05, 3.63) is 28.4 Å². The van der Waals surface area contributed by atoms with E-state index in [1.165, 1.54) is 0 Å². The Morgan fingerprint density at radius 1 is 1.10 bits per heavy atom. The number of hydrogen-bond donors (Lipinski definition) is 1. The van der Waals surface area contributed by atoms with E-state index in [1.54, 1.807) is 25.6 Å². The van der Waals surface area contributed by atoms with E-state index >= 15 is 0 Å². The Morgan fingerprint density at radius 3 is 2.50 bits per heavy atom. The van der Waals surface area contributed by atoms with Gasteiger partial charge in [-0.15, -0.1) is 11.3 Å². The van der Waals surface area contributed by atoms with Crippen LogP contribution in [-0.4, -0.2) is 73.5 Å². The van der Waals surface area contributed by atoms with Crippen molar-refractivity contribution >= 4 is 39.0 Å². The Morgan fingerprint density at radius 2 is 1.83 bits per heavy atom. The number of anilines is 1.